The third kappa shape index (κ3) is 1.52. The predicted molar refractivity (Wildman–Crippen MR) is 62.7 cm³/mol. The number of fused-ring (bicyclic) bond motifs is 1. The van der Waals surface area contributed by atoms with Gasteiger partial charge in [0.15, 0.2) is 0 Å². The second-order valence-electron chi connectivity index (χ2n) is 4.25. The van der Waals surface area contributed by atoms with Crippen LogP contribution in [0.3, 0.4) is 0 Å². The normalized spacial score (nSPS) is 19.1. The Morgan fingerprint density at radius 1 is 1.50 bits per heavy atom. The number of rotatable bonds is 1. The molecule has 0 saturated carbocycles. The molecular weight excluding hydrogens is 230 g/mol. The number of likely N-dealkylation sites (tertiary alicyclic amines) is 1. The molecule has 0 bridgehead atoms. The Labute approximate surface area is 103 Å². The highest BCUT2D eigenvalue weighted by atomic mass is 16.2. The van der Waals surface area contributed by atoms with Crippen molar-refractivity contribution in [3.8, 4) is 6.07 Å². The summed E-state index contributed by atoms with van der Waals surface area (Å²) in [5, 5.41) is 13.1. The summed E-state index contributed by atoms with van der Waals surface area (Å²) < 4.78 is 1.61. The third-order valence-electron chi connectivity index (χ3n) is 3.22. The Balaban J connectivity index is 2.00. The van der Waals surface area contributed by atoms with E-state index in [1.54, 1.807) is 28.0 Å². The summed E-state index contributed by atoms with van der Waals surface area (Å²) in [5.41, 5.74) is 1.18. The van der Waals surface area contributed by atoms with E-state index >= 15 is 0 Å². The summed E-state index contributed by atoms with van der Waals surface area (Å²) in [7, 11) is 0. The second kappa shape index (κ2) is 4.11. The van der Waals surface area contributed by atoms with Crippen molar-refractivity contribution in [2.24, 2.45) is 0 Å². The fraction of sp³-hybridized carbons (Fsp3) is 0.333. The molecule has 2 aromatic rings. The molecule has 0 N–H and O–H groups in total. The summed E-state index contributed by atoms with van der Waals surface area (Å²) in [6.45, 7) is 0.634. The van der Waals surface area contributed by atoms with Crippen molar-refractivity contribution >= 4 is 11.4 Å². The van der Waals surface area contributed by atoms with E-state index < -0.39 is 0 Å². The first-order valence-corrected chi connectivity index (χ1v) is 5.79. The molecule has 6 nitrogen and oxygen atoms in total. The molecule has 0 aliphatic carbocycles. The van der Waals surface area contributed by atoms with Crippen LogP contribution in [0.15, 0.2) is 24.8 Å². The first-order chi connectivity index (χ1) is 8.81. The van der Waals surface area contributed by atoms with Crippen LogP contribution < -0.4 is 0 Å². The van der Waals surface area contributed by atoms with Crippen molar-refractivity contribution in [3.63, 3.8) is 0 Å². The zero-order chi connectivity index (χ0) is 12.5. The van der Waals surface area contributed by atoms with Crippen LogP contribution in [0.25, 0.3) is 5.52 Å². The minimum absolute atomic E-state index is 0.137. The maximum absolute atomic E-state index is 12.4. The van der Waals surface area contributed by atoms with Crippen LogP contribution in [-0.4, -0.2) is 38.0 Å². The first kappa shape index (κ1) is 10.7. The van der Waals surface area contributed by atoms with Crippen molar-refractivity contribution in [1.29, 1.82) is 5.26 Å². The fourth-order valence-electron chi connectivity index (χ4n) is 2.30. The predicted octanol–water partition coefficient (Wildman–Crippen LogP) is 0.857. The van der Waals surface area contributed by atoms with Gasteiger partial charge in [-0.05, 0) is 12.8 Å². The number of carbonyl (C=O) groups is 1. The number of nitriles is 1. The Hall–Kier alpha value is -2.42. The number of amides is 1. The maximum Gasteiger partial charge on any atom is 0.258 e. The lowest BCUT2D eigenvalue weighted by atomic mass is 10.2. The SMILES string of the molecule is N#CC1CCCN1C(=O)c1cnn2ccncc12. The summed E-state index contributed by atoms with van der Waals surface area (Å²) in [6.07, 6.45) is 8.07. The molecule has 1 fully saturated rings. The van der Waals surface area contributed by atoms with Crippen LogP contribution in [0, 0.1) is 11.3 Å². The molecule has 90 valence electrons. The molecule has 6 heteroatoms. The number of nitrogens with zero attached hydrogens (tertiary/aromatic N) is 5. The van der Waals surface area contributed by atoms with Crippen LogP contribution in [-0.2, 0) is 0 Å². The van der Waals surface area contributed by atoms with Crippen LogP contribution in [0.4, 0.5) is 0 Å². The Bertz CT molecular complexity index is 641. The lowest BCUT2D eigenvalue weighted by Crippen LogP contribution is -2.34. The average molecular weight is 241 g/mol. The molecule has 18 heavy (non-hydrogen) atoms. The van der Waals surface area contributed by atoms with Gasteiger partial charge < -0.3 is 4.90 Å². The summed E-state index contributed by atoms with van der Waals surface area (Å²) in [4.78, 5) is 18.0. The lowest BCUT2D eigenvalue weighted by Gasteiger charge is -2.18. The summed E-state index contributed by atoms with van der Waals surface area (Å²) >= 11 is 0. The molecule has 3 rings (SSSR count). The second-order valence-corrected chi connectivity index (χ2v) is 4.25. The number of carbonyl (C=O) groups excluding carboxylic acids is 1. The van der Waals surface area contributed by atoms with Crippen molar-refractivity contribution in [1.82, 2.24) is 19.5 Å². The van der Waals surface area contributed by atoms with Gasteiger partial charge >= 0.3 is 0 Å². The number of hydrogen-bond donors (Lipinski definition) is 0. The highest BCUT2D eigenvalue weighted by molar-refractivity contribution is 6.00. The van der Waals surface area contributed by atoms with Gasteiger partial charge in [-0.25, -0.2) is 4.52 Å². The quantitative estimate of drug-likeness (QED) is 0.742. The number of hydrogen-bond acceptors (Lipinski definition) is 4. The molecule has 0 aromatic carbocycles. The molecule has 0 spiro atoms. The van der Waals surface area contributed by atoms with E-state index in [4.69, 9.17) is 5.26 Å². The van der Waals surface area contributed by atoms with Crippen molar-refractivity contribution in [2.45, 2.75) is 18.9 Å². The van der Waals surface area contributed by atoms with Crippen LogP contribution in [0.1, 0.15) is 23.2 Å². The zero-order valence-corrected chi connectivity index (χ0v) is 9.65. The summed E-state index contributed by atoms with van der Waals surface area (Å²) in [6, 6.07) is 1.85. The van der Waals surface area contributed by atoms with Crippen LogP contribution in [0.2, 0.25) is 0 Å². The minimum Gasteiger partial charge on any atom is -0.322 e. The molecular formula is C12H11N5O. The molecule has 0 radical (unpaired) electrons. The van der Waals surface area contributed by atoms with Crippen LogP contribution in [0.5, 0.6) is 0 Å². The van der Waals surface area contributed by atoms with Gasteiger partial charge in [0.25, 0.3) is 5.91 Å². The van der Waals surface area contributed by atoms with Gasteiger partial charge in [0.2, 0.25) is 0 Å². The maximum atomic E-state index is 12.4. The average Bonchev–Trinajstić information content (AvgIpc) is 3.04. The summed E-state index contributed by atoms with van der Waals surface area (Å²) in [5.74, 6) is -0.137. The highest BCUT2D eigenvalue weighted by Gasteiger charge is 2.30. The van der Waals surface area contributed by atoms with E-state index in [-0.39, 0.29) is 11.9 Å². The Kier molecular flexibility index (Phi) is 2.45. The molecule has 1 saturated heterocycles. The van der Waals surface area contributed by atoms with E-state index in [9.17, 15) is 4.79 Å². The van der Waals surface area contributed by atoms with E-state index in [2.05, 4.69) is 16.2 Å². The fourth-order valence-corrected chi connectivity index (χ4v) is 2.30. The lowest BCUT2D eigenvalue weighted by molar-refractivity contribution is 0.0767. The van der Waals surface area contributed by atoms with Crippen molar-refractivity contribution in [3.05, 3.63) is 30.4 Å². The van der Waals surface area contributed by atoms with Gasteiger partial charge in [0.1, 0.15) is 6.04 Å². The van der Waals surface area contributed by atoms with Crippen molar-refractivity contribution in [2.75, 3.05) is 6.54 Å². The van der Waals surface area contributed by atoms with E-state index in [1.165, 1.54) is 6.20 Å². The van der Waals surface area contributed by atoms with Crippen molar-refractivity contribution < 1.29 is 4.79 Å². The largest absolute Gasteiger partial charge is 0.322 e. The molecule has 2 aromatic heterocycles. The molecule has 1 aliphatic rings. The molecule has 1 amide bonds. The van der Waals surface area contributed by atoms with Gasteiger partial charge in [-0.1, -0.05) is 0 Å². The third-order valence-corrected chi connectivity index (χ3v) is 3.22. The zero-order valence-electron chi connectivity index (χ0n) is 9.65. The molecule has 1 unspecified atom stereocenters. The molecule has 3 heterocycles. The Morgan fingerprint density at radius 2 is 2.39 bits per heavy atom. The van der Waals surface area contributed by atoms with Gasteiger partial charge in [-0.3, -0.25) is 9.78 Å². The standard InChI is InChI=1S/C12H11N5O/c13-6-9-2-1-4-16(9)12(18)10-7-15-17-5-3-14-8-11(10)17/h3,5,7-9H,1-2,4H2. The monoisotopic (exact) mass is 241 g/mol. The van der Waals surface area contributed by atoms with E-state index in [1.807, 2.05) is 0 Å². The van der Waals surface area contributed by atoms with Crippen LogP contribution >= 0.6 is 0 Å². The molecule has 1 aliphatic heterocycles. The van der Waals surface area contributed by atoms with Gasteiger partial charge in [-0.2, -0.15) is 10.4 Å². The van der Waals surface area contributed by atoms with Gasteiger partial charge in [0, 0.05) is 18.9 Å². The minimum atomic E-state index is -0.316. The first-order valence-electron chi connectivity index (χ1n) is 5.79. The van der Waals surface area contributed by atoms with Gasteiger partial charge in [0.05, 0.1) is 29.5 Å². The topological polar surface area (TPSA) is 74.3 Å². The smallest absolute Gasteiger partial charge is 0.258 e. The highest BCUT2D eigenvalue weighted by Crippen LogP contribution is 2.21. The van der Waals surface area contributed by atoms with E-state index in [0.717, 1.165) is 12.8 Å². The number of aromatic nitrogens is 3. The van der Waals surface area contributed by atoms with E-state index in [0.29, 0.717) is 17.6 Å². The molecule has 1 atom stereocenters. The Morgan fingerprint density at radius 3 is 3.22 bits per heavy atom. The van der Waals surface area contributed by atoms with Gasteiger partial charge in [-0.15, -0.1) is 0 Å².